The van der Waals surface area contributed by atoms with Gasteiger partial charge in [-0.1, -0.05) is 155 Å². The smallest absolute Gasteiger partial charge is 0.00773 e. The van der Waals surface area contributed by atoms with E-state index in [0.717, 1.165) is 13.0 Å². The molecule has 0 aliphatic heterocycles. The van der Waals surface area contributed by atoms with E-state index < -0.39 is 0 Å². The van der Waals surface area contributed by atoms with Crippen LogP contribution in [-0.4, -0.2) is 6.54 Å². The zero-order valence-electron chi connectivity index (χ0n) is 19.0. The molecule has 0 unspecified atom stereocenters. The molecule has 0 aliphatic carbocycles. The first kappa shape index (κ1) is 27.0. The lowest BCUT2D eigenvalue weighted by Crippen LogP contribution is -1.97. The van der Waals surface area contributed by atoms with Crippen molar-refractivity contribution < 1.29 is 0 Å². The van der Waals surface area contributed by atoms with Gasteiger partial charge in [-0.15, -0.1) is 0 Å². The molecule has 0 aromatic carbocycles. The average Bonchev–Trinajstić information content (AvgIpc) is 2.68. The summed E-state index contributed by atoms with van der Waals surface area (Å²) in [6.45, 7) is 4.78. The molecule has 0 saturated heterocycles. The summed E-state index contributed by atoms with van der Waals surface area (Å²) in [7, 11) is 0. The molecular formula is C26H54N. The van der Waals surface area contributed by atoms with Crippen molar-refractivity contribution >= 4 is 0 Å². The molecule has 0 atom stereocenters. The minimum atomic E-state index is 0.873. The zero-order valence-corrected chi connectivity index (χ0v) is 19.0. The second-order valence-corrected chi connectivity index (χ2v) is 8.77. The van der Waals surface area contributed by atoms with Crippen molar-refractivity contribution in [3.8, 4) is 0 Å². The number of unbranched alkanes of at least 4 members (excludes halogenated alkanes) is 23. The molecular weight excluding hydrogens is 326 g/mol. The molecule has 0 amide bonds. The van der Waals surface area contributed by atoms with Gasteiger partial charge < -0.3 is 5.73 Å². The number of nitrogens with two attached hydrogens (primary N) is 1. The fraction of sp³-hybridized carbons (Fsp3) is 0.962. The highest BCUT2D eigenvalue weighted by Crippen LogP contribution is 2.15. The molecule has 1 radical (unpaired) electrons. The molecule has 0 bridgehead atoms. The van der Waals surface area contributed by atoms with Crippen LogP contribution in [-0.2, 0) is 0 Å². The van der Waals surface area contributed by atoms with E-state index in [2.05, 4.69) is 6.92 Å². The van der Waals surface area contributed by atoms with Crippen molar-refractivity contribution in [3.05, 3.63) is 6.92 Å². The fourth-order valence-corrected chi connectivity index (χ4v) is 4.03. The Kier molecular flexibility index (Phi) is 25.9. The molecule has 0 spiro atoms. The normalized spacial score (nSPS) is 11.3. The first-order chi connectivity index (χ1) is 13.4. The van der Waals surface area contributed by atoms with Crippen LogP contribution in [0.4, 0.5) is 0 Å². The van der Waals surface area contributed by atoms with Gasteiger partial charge in [-0.25, -0.2) is 0 Å². The summed E-state index contributed by atoms with van der Waals surface area (Å²) in [6, 6.07) is 0. The molecule has 0 aliphatic rings. The Morgan fingerprint density at radius 1 is 0.296 bits per heavy atom. The van der Waals surface area contributed by atoms with E-state index in [4.69, 9.17) is 5.73 Å². The summed E-state index contributed by atoms with van der Waals surface area (Å²) < 4.78 is 0. The third kappa shape index (κ3) is 26.0. The van der Waals surface area contributed by atoms with E-state index in [1.165, 1.54) is 148 Å². The summed E-state index contributed by atoms with van der Waals surface area (Å²) in [5.41, 5.74) is 5.52. The molecule has 0 aromatic rings. The maximum Gasteiger partial charge on any atom is -0.00773 e. The number of hydrogen-bond donors (Lipinski definition) is 1. The summed E-state index contributed by atoms with van der Waals surface area (Å²) in [5, 5.41) is 0. The van der Waals surface area contributed by atoms with Crippen LogP contribution in [0.25, 0.3) is 0 Å². The standard InChI is InChI=1S/C26H54N/c1-2-3-4-5-6-7-8-9-10-11-12-13-14-15-16-17-18-19-20-21-22-23-24-25-26-27/h1-27H2. The Morgan fingerprint density at radius 2 is 0.481 bits per heavy atom. The predicted octanol–water partition coefficient (Wildman–Crippen LogP) is 9.14. The molecule has 0 fully saturated rings. The molecule has 2 N–H and O–H groups in total. The molecule has 27 heavy (non-hydrogen) atoms. The fourth-order valence-electron chi connectivity index (χ4n) is 4.03. The Hall–Kier alpha value is -0.0400. The van der Waals surface area contributed by atoms with E-state index in [0.29, 0.717) is 0 Å². The Labute approximate surface area is 173 Å². The van der Waals surface area contributed by atoms with Gasteiger partial charge in [0, 0.05) is 0 Å². The first-order valence-corrected chi connectivity index (χ1v) is 12.9. The monoisotopic (exact) mass is 380 g/mol. The Morgan fingerprint density at radius 3 is 0.667 bits per heavy atom. The predicted molar refractivity (Wildman–Crippen MR) is 125 cm³/mol. The Balaban J connectivity index is 2.95. The third-order valence-corrected chi connectivity index (χ3v) is 5.95. The van der Waals surface area contributed by atoms with Gasteiger partial charge in [0.2, 0.25) is 0 Å². The maximum atomic E-state index is 5.52. The topological polar surface area (TPSA) is 26.0 Å². The molecule has 1 heteroatoms. The van der Waals surface area contributed by atoms with Gasteiger partial charge in [0.15, 0.2) is 0 Å². The summed E-state index contributed by atoms with van der Waals surface area (Å²) in [4.78, 5) is 0. The summed E-state index contributed by atoms with van der Waals surface area (Å²) in [5.74, 6) is 0. The first-order valence-electron chi connectivity index (χ1n) is 12.9. The highest BCUT2D eigenvalue weighted by molar-refractivity contribution is 4.52. The van der Waals surface area contributed by atoms with Crippen LogP contribution in [0.2, 0.25) is 0 Å². The second-order valence-electron chi connectivity index (χ2n) is 8.77. The van der Waals surface area contributed by atoms with Gasteiger partial charge in [-0.2, -0.15) is 0 Å². The molecule has 163 valence electrons. The van der Waals surface area contributed by atoms with E-state index in [1.54, 1.807) is 0 Å². The van der Waals surface area contributed by atoms with Crippen LogP contribution in [0.1, 0.15) is 154 Å². The van der Waals surface area contributed by atoms with Gasteiger partial charge in [0.1, 0.15) is 0 Å². The lowest BCUT2D eigenvalue weighted by Gasteiger charge is -2.04. The van der Waals surface area contributed by atoms with Crippen molar-refractivity contribution in [3.63, 3.8) is 0 Å². The minimum absolute atomic E-state index is 0.873. The lowest BCUT2D eigenvalue weighted by molar-refractivity contribution is 0.517. The second kappa shape index (κ2) is 26.0. The maximum absolute atomic E-state index is 5.52. The Bertz CT molecular complexity index is 214. The van der Waals surface area contributed by atoms with Gasteiger partial charge in [0.05, 0.1) is 0 Å². The van der Waals surface area contributed by atoms with Crippen molar-refractivity contribution in [1.29, 1.82) is 0 Å². The van der Waals surface area contributed by atoms with Crippen molar-refractivity contribution in [2.45, 2.75) is 154 Å². The molecule has 0 aromatic heterocycles. The van der Waals surface area contributed by atoms with E-state index in [-0.39, 0.29) is 0 Å². The zero-order chi connectivity index (χ0) is 19.7. The summed E-state index contributed by atoms with van der Waals surface area (Å²) >= 11 is 0. The van der Waals surface area contributed by atoms with E-state index in [1.807, 2.05) is 0 Å². The van der Waals surface area contributed by atoms with Crippen LogP contribution in [0, 0.1) is 6.92 Å². The van der Waals surface area contributed by atoms with Crippen molar-refractivity contribution in [1.82, 2.24) is 0 Å². The molecule has 0 rings (SSSR count). The van der Waals surface area contributed by atoms with Crippen LogP contribution in [0.5, 0.6) is 0 Å². The van der Waals surface area contributed by atoms with Gasteiger partial charge in [0.25, 0.3) is 0 Å². The van der Waals surface area contributed by atoms with Gasteiger partial charge in [-0.05, 0) is 13.0 Å². The third-order valence-electron chi connectivity index (χ3n) is 5.95. The van der Waals surface area contributed by atoms with Crippen LogP contribution in [0.3, 0.4) is 0 Å². The van der Waals surface area contributed by atoms with E-state index in [9.17, 15) is 0 Å². The van der Waals surface area contributed by atoms with Crippen LogP contribution < -0.4 is 5.73 Å². The van der Waals surface area contributed by atoms with Crippen LogP contribution in [0.15, 0.2) is 0 Å². The average molecular weight is 381 g/mol. The minimum Gasteiger partial charge on any atom is -0.330 e. The largest absolute Gasteiger partial charge is 0.330 e. The lowest BCUT2D eigenvalue weighted by atomic mass is 10.0. The van der Waals surface area contributed by atoms with Gasteiger partial charge in [-0.3, -0.25) is 0 Å². The van der Waals surface area contributed by atoms with Crippen LogP contribution >= 0.6 is 0 Å². The number of rotatable bonds is 24. The van der Waals surface area contributed by atoms with Crippen molar-refractivity contribution in [2.75, 3.05) is 6.54 Å². The highest BCUT2D eigenvalue weighted by atomic mass is 14.5. The highest BCUT2D eigenvalue weighted by Gasteiger charge is 1.95. The van der Waals surface area contributed by atoms with E-state index >= 15 is 0 Å². The van der Waals surface area contributed by atoms with Gasteiger partial charge >= 0.3 is 0 Å². The molecule has 1 nitrogen and oxygen atoms in total. The quantitative estimate of drug-likeness (QED) is 0.166. The molecule has 0 heterocycles. The molecule has 0 saturated carbocycles. The SMILES string of the molecule is [CH2]CCCCCCCCCCCCCCCCCCCCCCCCCN. The summed E-state index contributed by atoms with van der Waals surface area (Å²) in [6.07, 6.45) is 34.2. The number of hydrogen-bond acceptors (Lipinski definition) is 1. The van der Waals surface area contributed by atoms with Crippen molar-refractivity contribution in [2.24, 2.45) is 5.73 Å².